The maximum Gasteiger partial charge on any atom is 0.407 e. The largest absolute Gasteiger partial charge is 0.443 e. The van der Waals surface area contributed by atoms with E-state index in [9.17, 15) is 9.90 Å². The van der Waals surface area contributed by atoms with Gasteiger partial charge in [0.25, 0.3) is 0 Å². The van der Waals surface area contributed by atoms with Gasteiger partial charge >= 0.3 is 6.09 Å². The molecule has 0 aliphatic carbocycles. The molecule has 1 aromatic carbocycles. The summed E-state index contributed by atoms with van der Waals surface area (Å²) in [5.41, 5.74) is 1.07. The van der Waals surface area contributed by atoms with Crippen molar-refractivity contribution in [2.75, 3.05) is 24.7 Å². The number of rotatable bonds is 6. The SMILES string of the molecule is O=C(N[C@@H]1CO[C@H](CO)C1O)OC1CSSCC1OCc1ccccc1. The van der Waals surface area contributed by atoms with E-state index in [1.165, 1.54) is 0 Å². The van der Waals surface area contributed by atoms with Gasteiger partial charge in [-0.05, 0) is 5.56 Å². The molecule has 1 amide bonds. The molecule has 3 unspecified atom stereocenters. The van der Waals surface area contributed by atoms with Crippen molar-refractivity contribution in [1.82, 2.24) is 5.32 Å². The van der Waals surface area contributed by atoms with E-state index < -0.39 is 24.3 Å². The van der Waals surface area contributed by atoms with Crippen LogP contribution in [0.3, 0.4) is 0 Å². The van der Waals surface area contributed by atoms with Crippen LogP contribution >= 0.6 is 21.6 Å². The first-order valence-corrected chi connectivity index (χ1v) is 10.9. The third kappa shape index (κ3) is 5.28. The van der Waals surface area contributed by atoms with E-state index >= 15 is 0 Å². The van der Waals surface area contributed by atoms with E-state index in [1.54, 1.807) is 21.6 Å². The standard InChI is InChI=1S/C17H23NO6S2/c19-6-13-16(20)12(8-23-13)18-17(21)24-15-10-26-25-9-14(15)22-7-11-4-2-1-3-5-11/h1-5,12-16,19-20H,6-10H2,(H,18,21)/t12-,13-,14?,15?,16?/m1/s1. The second-order valence-electron chi connectivity index (χ2n) is 6.14. The third-order valence-electron chi connectivity index (χ3n) is 4.29. The first-order chi connectivity index (χ1) is 12.7. The lowest BCUT2D eigenvalue weighted by molar-refractivity contribution is -0.0317. The summed E-state index contributed by atoms with van der Waals surface area (Å²) in [7, 11) is 3.34. The number of hydrogen-bond donors (Lipinski definition) is 3. The molecule has 5 atom stereocenters. The number of nitrogens with one attached hydrogen (secondary N) is 1. The topological polar surface area (TPSA) is 97.3 Å². The molecule has 0 spiro atoms. The Morgan fingerprint density at radius 2 is 1.96 bits per heavy atom. The summed E-state index contributed by atoms with van der Waals surface area (Å²) in [6.45, 7) is 0.316. The van der Waals surface area contributed by atoms with Crippen LogP contribution in [0.2, 0.25) is 0 Å². The van der Waals surface area contributed by atoms with Gasteiger partial charge in [0, 0.05) is 11.5 Å². The summed E-state index contributed by atoms with van der Waals surface area (Å²) in [4.78, 5) is 12.2. The lowest BCUT2D eigenvalue weighted by Gasteiger charge is -2.30. The van der Waals surface area contributed by atoms with Gasteiger partial charge in [-0.3, -0.25) is 0 Å². The highest BCUT2D eigenvalue weighted by Gasteiger charge is 2.38. The fraction of sp³-hybridized carbons (Fsp3) is 0.588. The van der Waals surface area contributed by atoms with Gasteiger partial charge in [-0.1, -0.05) is 51.9 Å². The zero-order valence-corrected chi connectivity index (χ0v) is 15.8. The molecule has 2 fully saturated rings. The average molecular weight is 402 g/mol. The van der Waals surface area contributed by atoms with Crippen molar-refractivity contribution in [3.8, 4) is 0 Å². The van der Waals surface area contributed by atoms with Gasteiger partial charge in [0.2, 0.25) is 0 Å². The number of aliphatic hydroxyl groups excluding tert-OH is 2. The molecule has 7 nitrogen and oxygen atoms in total. The Bertz CT molecular complexity index is 578. The minimum absolute atomic E-state index is 0.144. The summed E-state index contributed by atoms with van der Waals surface area (Å²) >= 11 is 0. The molecule has 3 N–H and O–H groups in total. The van der Waals surface area contributed by atoms with Crippen LogP contribution < -0.4 is 5.32 Å². The number of carbonyl (C=O) groups is 1. The van der Waals surface area contributed by atoms with Crippen LogP contribution in [0.5, 0.6) is 0 Å². The van der Waals surface area contributed by atoms with Crippen molar-refractivity contribution in [3.63, 3.8) is 0 Å². The highest BCUT2D eigenvalue weighted by atomic mass is 33.1. The van der Waals surface area contributed by atoms with Crippen LogP contribution in [0.25, 0.3) is 0 Å². The van der Waals surface area contributed by atoms with Crippen LogP contribution in [0, 0.1) is 0 Å². The maximum atomic E-state index is 12.2. The van der Waals surface area contributed by atoms with E-state index in [1.807, 2.05) is 30.3 Å². The number of hydrogen-bond acceptors (Lipinski definition) is 8. The Kier molecular flexibility index (Phi) is 7.47. The van der Waals surface area contributed by atoms with Crippen molar-refractivity contribution in [3.05, 3.63) is 35.9 Å². The molecule has 2 saturated heterocycles. The summed E-state index contributed by atoms with van der Waals surface area (Å²) in [5.74, 6) is 1.37. The van der Waals surface area contributed by atoms with Gasteiger partial charge in [0.1, 0.15) is 24.4 Å². The lowest BCUT2D eigenvalue weighted by atomic mass is 10.1. The highest BCUT2D eigenvalue weighted by molar-refractivity contribution is 8.76. The molecule has 0 saturated carbocycles. The number of benzene rings is 1. The third-order valence-corrected chi connectivity index (χ3v) is 6.71. The molecule has 3 rings (SSSR count). The van der Waals surface area contributed by atoms with E-state index in [0.717, 1.165) is 11.3 Å². The molecule has 2 aliphatic heterocycles. The van der Waals surface area contributed by atoms with Gasteiger partial charge < -0.3 is 29.7 Å². The summed E-state index contributed by atoms with van der Waals surface area (Å²) in [6, 6.07) is 9.27. The van der Waals surface area contributed by atoms with Gasteiger partial charge in [0.05, 0.1) is 25.9 Å². The average Bonchev–Trinajstić information content (AvgIpc) is 3.01. The highest BCUT2D eigenvalue weighted by Crippen LogP contribution is 2.33. The second-order valence-corrected chi connectivity index (χ2v) is 8.70. The molecule has 26 heavy (non-hydrogen) atoms. The van der Waals surface area contributed by atoms with Crippen LogP contribution in [-0.4, -0.2) is 71.5 Å². The Morgan fingerprint density at radius 1 is 1.23 bits per heavy atom. The normalized spacial score (nSPS) is 31.5. The van der Waals surface area contributed by atoms with Crippen LogP contribution in [-0.2, 0) is 20.8 Å². The van der Waals surface area contributed by atoms with E-state index in [4.69, 9.17) is 19.3 Å². The molecule has 1 aromatic rings. The summed E-state index contributed by atoms with van der Waals surface area (Å²) < 4.78 is 16.7. The van der Waals surface area contributed by atoms with Gasteiger partial charge in [-0.25, -0.2) is 4.79 Å². The molecule has 2 aliphatic rings. The van der Waals surface area contributed by atoms with Crippen molar-refractivity contribution in [2.45, 2.75) is 37.1 Å². The zero-order chi connectivity index (χ0) is 18.4. The fourth-order valence-corrected chi connectivity index (χ4v) is 5.22. The molecular weight excluding hydrogens is 378 g/mol. The van der Waals surface area contributed by atoms with Crippen LogP contribution in [0.4, 0.5) is 4.79 Å². The maximum absolute atomic E-state index is 12.2. The fourth-order valence-electron chi connectivity index (χ4n) is 2.78. The van der Waals surface area contributed by atoms with Gasteiger partial charge in [-0.15, -0.1) is 0 Å². The lowest BCUT2D eigenvalue weighted by Crippen LogP contribution is -2.48. The minimum Gasteiger partial charge on any atom is -0.443 e. The van der Waals surface area contributed by atoms with E-state index in [0.29, 0.717) is 12.4 Å². The molecular formula is C17H23NO6S2. The van der Waals surface area contributed by atoms with Crippen molar-refractivity contribution in [2.24, 2.45) is 0 Å². The monoisotopic (exact) mass is 401 g/mol. The number of aliphatic hydroxyl groups is 2. The minimum atomic E-state index is -0.950. The zero-order valence-electron chi connectivity index (χ0n) is 14.2. The molecule has 144 valence electrons. The Morgan fingerprint density at radius 3 is 2.65 bits per heavy atom. The summed E-state index contributed by atoms with van der Waals surface area (Å²) in [5, 5.41) is 21.7. The predicted octanol–water partition coefficient (Wildman–Crippen LogP) is 1.18. The Balaban J connectivity index is 1.49. The molecule has 2 heterocycles. The molecule has 0 bridgehead atoms. The first kappa shape index (κ1) is 19.8. The smallest absolute Gasteiger partial charge is 0.407 e. The van der Waals surface area contributed by atoms with Gasteiger partial charge in [0.15, 0.2) is 0 Å². The van der Waals surface area contributed by atoms with E-state index in [-0.39, 0.29) is 25.4 Å². The molecule has 0 radical (unpaired) electrons. The molecule has 0 aromatic heterocycles. The number of alkyl carbamates (subject to hydrolysis) is 1. The number of amides is 1. The molecule has 9 heteroatoms. The summed E-state index contributed by atoms with van der Waals surface area (Å²) in [6.07, 6.45) is -2.79. The van der Waals surface area contributed by atoms with Gasteiger partial charge in [-0.2, -0.15) is 0 Å². The quantitative estimate of drug-likeness (QED) is 0.612. The number of carbonyl (C=O) groups excluding carboxylic acids is 1. The Hall–Kier alpha value is -0.970. The van der Waals surface area contributed by atoms with Crippen molar-refractivity contribution < 1.29 is 29.2 Å². The number of ether oxygens (including phenoxy) is 3. The van der Waals surface area contributed by atoms with Crippen LogP contribution in [0.15, 0.2) is 30.3 Å². The predicted molar refractivity (Wildman–Crippen MR) is 100.0 cm³/mol. The van der Waals surface area contributed by atoms with Crippen molar-refractivity contribution in [1.29, 1.82) is 0 Å². The van der Waals surface area contributed by atoms with E-state index in [2.05, 4.69) is 5.32 Å². The van der Waals surface area contributed by atoms with Crippen molar-refractivity contribution >= 4 is 27.7 Å². The first-order valence-electron chi connectivity index (χ1n) is 8.45. The van der Waals surface area contributed by atoms with Crippen LogP contribution in [0.1, 0.15) is 5.56 Å². The second kappa shape index (κ2) is 9.82. The Labute approximate surface area is 160 Å².